The summed E-state index contributed by atoms with van der Waals surface area (Å²) < 4.78 is 5.76. The smallest absolute Gasteiger partial charge is 0.339 e. The van der Waals surface area contributed by atoms with Crippen molar-refractivity contribution >= 4 is 22.6 Å². The van der Waals surface area contributed by atoms with Gasteiger partial charge in [-0.3, -0.25) is 4.98 Å². The number of hydrogen-bond acceptors (Lipinski definition) is 4. The third-order valence-corrected chi connectivity index (χ3v) is 3.06. The van der Waals surface area contributed by atoms with Crippen molar-refractivity contribution in [1.82, 2.24) is 4.98 Å². The van der Waals surface area contributed by atoms with E-state index in [2.05, 4.69) is 4.98 Å². The van der Waals surface area contributed by atoms with E-state index in [4.69, 9.17) is 10.5 Å². The number of aromatic nitrogens is 1. The van der Waals surface area contributed by atoms with Gasteiger partial charge in [0.1, 0.15) is 17.1 Å². The molecular formula is C16H12N2O3. The summed E-state index contributed by atoms with van der Waals surface area (Å²) in [7, 11) is 0. The van der Waals surface area contributed by atoms with Crippen LogP contribution >= 0.6 is 0 Å². The second-order valence-corrected chi connectivity index (χ2v) is 4.49. The van der Waals surface area contributed by atoms with Gasteiger partial charge in [0, 0.05) is 17.3 Å². The minimum atomic E-state index is -1.09. The Balaban J connectivity index is 2.09. The molecule has 0 radical (unpaired) electrons. The van der Waals surface area contributed by atoms with Gasteiger partial charge in [0.15, 0.2) is 0 Å². The summed E-state index contributed by atoms with van der Waals surface area (Å²) in [6, 6.07) is 13.6. The van der Waals surface area contributed by atoms with Crippen LogP contribution in [0, 0.1) is 0 Å². The maximum Gasteiger partial charge on any atom is 0.339 e. The van der Waals surface area contributed by atoms with Crippen LogP contribution < -0.4 is 10.5 Å². The molecule has 0 unspecified atom stereocenters. The summed E-state index contributed by atoms with van der Waals surface area (Å²) in [5.74, 6) is -0.295. The number of benzene rings is 2. The number of nitrogens with zero attached hydrogens (tertiary/aromatic N) is 1. The van der Waals surface area contributed by atoms with Crippen molar-refractivity contribution in [2.24, 2.45) is 0 Å². The third kappa shape index (κ3) is 2.49. The zero-order chi connectivity index (χ0) is 14.8. The summed E-state index contributed by atoms with van der Waals surface area (Å²) in [6.07, 6.45) is 1.69. The van der Waals surface area contributed by atoms with Gasteiger partial charge < -0.3 is 15.6 Å². The SMILES string of the molecule is Nc1ccc(Oc2cccc3ncccc23)c(C(=O)O)c1. The van der Waals surface area contributed by atoms with E-state index >= 15 is 0 Å². The molecular weight excluding hydrogens is 268 g/mol. The topological polar surface area (TPSA) is 85.4 Å². The molecule has 21 heavy (non-hydrogen) atoms. The summed E-state index contributed by atoms with van der Waals surface area (Å²) in [4.78, 5) is 15.5. The van der Waals surface area contributed by atoms with E-state index in [1.54, 1.807) is 30.5 Å². The van der Waals surface area contributed by atoms with Gasteiger partial charge in [0.2, 0.25) is 0 Å². The summed E-state index contributed by atoms with van der Waals surface area (Å²) in [5.41, 5.74) is 6.80. The predicted octanol–water partition coefficient (Wildman–Crippen LogP) is 3.31. The fourth-order valence-corrected chi connectivity index (χ4v) is 2.09. The van der Waals surface area contributed by atoms with E-state index < -0.39 is 5.97 Å². The van der Waals surface area contributed by atoms with Crippen LogP contribution in [-0.4, -0.2) is 16.1 Å². The monoisotopic (exact) mass is 280 g/mol. The normalized spacial score (nSPS) is 10.5. The van der Waals surface area contributed by atoms with Crippen LogP contribution in [0.15, 0.2) is 54.7 Å². The Morgan fingerprint density at radius 2 is 1.95 bits per heavy atom. The molecule has 0 bridgehead atoms. The van der Waals surface area contributed by atoms with E-state index in [9.17, 15) is 9.90 Å². The molecule has 3 rings (SSSR count). The molecule has 104 valence electrons. The average molecular weight is 280 g/mol. The second-order valence-electron chi connectivity index (χ2n) is 4.49. The van der Waals surface area contributed by atoms with Crippen molar-refractivity contribution in [3.8, 4) is 11.5 Å². The zero-order valence-electron chi connectivity index (χ0n) is 11.0. The number of rotatable bonds is 3. The van der Waals surface area contributed by atoms with Gasteiger partial charge in [-0.25, -0.2) is 4.79 Å². The van der Waals surface area contributed by atoms with E-state index in [0.29, 0.717) is 11.4 Å². The van der Waals surface area contributed by atoms with Crippen molar-refractivity contribution in [2.75, 3.05) is 5.73 Å². The first-order chi connectivity index (χ1) is 10.1. The Morgan fingerprint density at radius 1 is 1.10 bits per heavy atom. The van der Waals surface area contributed by atoms with Crippen LogP contribution in [0.5, 0.6) is 11.5 Å². The highest BCUT2D eigenvalue weighted by molar-refractivity contribution is 5.92. The standard InChI is InChI=1S/C16H12N2O3/c17-10-6-7-15(12(9-10)16(19)20)21-14-5-1-4-13-11(14)3-2-8-18-13/h1-9H,17H2,(H,19,20). The molecule has 0 saturated carbocycles. The molecule has 3 aromatic rings. The second kappa shape index (κ2) is 5.13. The fourth-order valence-electron chi connectivity index (χ4n) is 2.09. The summed E-state index contributed by atoms with van der Waals surface area (Å²) >= 11 is 0. The first kappa shape index (κ1) is 12.9. The van der Waals surface area contributed by atoms with Gasteiger partial charge in [-0.2, -0.15) is 0 Å². The minimum Gasteiger partial charge on any atom is -0.478 e. The Labute approximate surface area is 120 Å². The van der Waals surface area contributed by atoms with Gasteiger partial charge >= 0.3 is 5.97 Å². The van der Waals surface area contributed by atoms with E-state index in [1.807, 2.05) is 18.2 Å². The predicted molar refractivity (Wildman–Crippen MR) is 79.6 cm³/mol. The highest BCUT2D eigenvalue weighted by Crippen LogP contribution is 2.31. The molecule has 0 fully saturated rings. The van der Waals surface area contributed by atoms with Gasteiger partial charge in [0.25, 0.3) is 0 Å². The van der Waals surface area contributed by atoms with Crippen LogP contribution in [0.1, 0.15) is 10.4 Å². The van der Waals surface area contributed by atoms with Crippen LogP contribution in [0.4, 0.5) is 5.69 Å². The number of pyridine rings is 1. The average Bonchev–Trinajstić information content (AvgIpc) is 2.49. The number of carbonyl (C=O) groups is 1. The molecule has 0 aliphatic carbocycles. The molecule has 0 atom stereocenters. The van der Waals surface area contributed by atoms with E-state index in [1.165, 1.54) is 6.07 Å². The lowest BCUT2D eigenvalue weighted by Gasteiger charge is -2.11. The molecule has 0 amide bonds. The summed E-state index contributed by atoms with van der Waals surface area (Å²) in [5, 5.41) is 10.0. The number of carboxylic acids is 1. The molecule has 3 N–H and O–H groups in total. The first-order valence-electron chi connectivity index (χ1n) is 6.29. The molecule has 0 aliphatic heterocycles. The van der Waals surface area contributed by atoms with Crippen LogP contribution in [0.3, 0.4) is 0 Å². The number of anilines is 1. The molecule has 5 nitrogen and oxygen atoms in total. The first-order valence-corrected chi connectivity index (χ1v) is 6.29. The van der Waals surface area contributed by atoms with Crippen LogP contribution in [-0.2, 0) is 0 Å². The van der Waals surface area contributed by atoms with E-state index in [0.717, 1.165) is 10.9 Å². The number of ether oxygens (including phenoxy) is 1. The molecule has 1 heterocycles. The third-order valence-electron chi connectivity index (χ3n) is 3.06. The van der Waals surface area contributed by atoms with Gasteiger partial charge in [0.05, 0.1) is 5.52 Å². The Hall–Kier alpha value is -3.08. The maximum absolute atomic E-state index is 11.3. The lowest BCUT2D eigenvalue weighted by Crippen LogP contribution is -2.01. The van der Waals surface area contributed by atoms with Crippen molar-refractivity contribution < 1.29 is 14.6 Å². The highest BCUT2D eigenvalue weighted by Gasteiger charge is 2.13. The van der Waals surface area contributed by atoms with Crippen molar-refractivity contribution in [3.63, 3.8) is 0 Å². The fraction of sp³-hybridized carbons (Fsp3) is 0. The van der Waals surface area contributed by atoms with Gasteiger partial charge in [-0.05, 0) is 42.5 Å². The van der Waals surface area contributed by atoms with Gasteiger partial charge in [-0.15, -0.1) is 0 Å². The Bertz CT molecular complexity index is 825. The molecule has 0 saturated heterocycles. The number of nitrogen functional groups attached to an aromatic ring is 1. The quantitative estimate of drug-likeness (QED) is 0.719. The number of hydrogen-bond donors (Lipinski definition) is 2. The molecule has 5 heteroatoms. The molecule has 0 aliphatic rings. The van der Waals surface area contributed by atoms with Gasteiger partial charge in [-0.1, -0.05) is 6.07 Å². The van der Waals surface area contributed by atoms with Crippen molar-refractivity contribution in [2.45, 2.75) is 0 Å². The summed E-state index contributed by atoms with van der Waals surface area (Å²) in [6.45, 7) is 0. The van der Waals surface area contributed by atoms with Crippen LogP contribution in [0.25, 0.3) is 10.9 Å². The lowest BCUT2D eigenvalue weighted by molar-refractivity contribution is 0.0694. The van der Waals surface area contributed by atoms with Crippen molar-refractivity contribution in [3.05, 3.63) is 60.3 Å². The lowest BCUT2D eigenvalue weighted by atomic mass is 10.1. The number of carboxylic acid groups (broad SMARTS) is 1. The molecule has 0 spiro atoms. The maximum atomic E-state index is 11.3. The minimum absolute atomic E-state index is 0.0240. The zero-order valence-corrected chi connectivity index (χ0v) is 11.0. The van der Waals surface area contributed by atoms with Crippen molar-refractivity contribution in [1.29, 1.82) is 0 Å². The van der Waals surface area contributed by atoms with Crippen LogP contribution in [0.2, 0.25) is 0 Å². The largest absolute Gasteiger partial charge is 0.478 e. The Kier molecular flexibility index (Phi) is 3.16. The molecule has 1 aromatic heterocycles. The van der Waals surface area contributed by atoms with E-state index in [-0.39, 0.29) is 11.3 Å². The highest BCUT2D eigenvalue weighted by atomic mass is 16.5. The number of aromatic carboxylic acids is 1. The number of fused-ring (bicyclic) bond motifs is 1. The number of nitrogens with two attached hydrogens (primary N) is 1. The molecule has 2 aromatic carbocycles. The Morgan fingerprint density at radius 3 is 2.76 bits per heavy atom.